The Morgan fingerprint density at radius 1 is 0.917 bits per heavy atom. The topological polar surface area (TPSA) is 58.6 Å². The lowest BCUT2D eigenvalue weighted by Crippen LogP contribution is -2.30. The summed E-state index contributed by atoms with van der Waals surface area (Å²) in [6.07, 6.45) is 16.5. The van der Waals surface area contributed by atoms with Crippen molar-refractivity contribution in [3.8, 4) is 11.5 Å². The highest BCUT2D eigenvalue weighted by molar-refractivity contribution is 6.37. The first kappa shape index (κ1) is 30.3. The minimum atomic E-state index is -0.759. The van der Waals surface area contributed by atoms with Crippen LogP contribution in [-0.2, 0) is 11.2 Å². The smallest absolute Gasteiger partial charge is 0.265 e. The summed E-state index contributed by atoms with van der Waals surface area (Å²) in [5.74, 6) is 0.0171. The van der Waals surface area contributed by atoms with Gasteiger partial charge in [0.25, 0.3) is 5.91 Å². The molecule has 2 rings (SSSR count). The van der Waals surface area contributed by atoms with E-state index < -0.39 is 12.0 Å². The Morgan fingerprint density at radius 3 is 2.00 bits per heavy atom. The summed E-state index contributed by atoms with van der Waals surface area (Å²) in [6, 6.07) is 9.40. The van der Waals surface area contributed by atoms with Crippen molar-refractivity contribution < 1.29 is 14.6 Å². The Labute approximate surface area is 227 Å². The zero-order chi connectivity index (χ0) is 26.3. The standard InChI is InChI=1S/C30H43Cl2NO3/c1-4-5-6-7-8-9-10-11-12-13-14-15-16-24-17-19-25(20-18-24)36-23(3)30(35)33-27-21-26(31)22(2)28(32)29(27)34/h17-21,23,34H,4-16H2,1-3H3,(H,33,35). The van der Waals surface area contributed by atoms with Crippen molar-refractivity contribution in [2.75, 3.05) is 5.32 Å². The first-order chi connectivity index (χ1) is 17.3. The normalized spacial score (nSPS) is 11.9. The predicted octanol–water partition coefficient (Wildman–Crippen LogP) is 9.66. The fourth-order valence-electron chi connectivity index (χ4n) is 4.20. The molecule has 1 atom stereocenters. The number of anilines is 1. The minimum Gasteiger partial charge on any atom is -0.504 e. The second-order valence-corrected chi connectivity index (χ2v) is 10.5. The summed E-state index contributed by atoms with van der Waals surface area (Å²) in [6.45, 7) is 5.62. The number of amides is 1. The number of phenolic OH excluding ortho intramolecular Hbond substituents is 1. The van der Waals surface area contributed by atoms with Gasteiger partial charge in [0.15, 0.2) is 11.9 Å². The van der Waals surface area contributed by atoms with Gasteiger partial charge in [-0.25, -0.2) is 0 Å². The van der Waals surface area contributed by atoms with Crippen LogP contribution in [0.25, 0.3) is 0 Å². The number of halogens is 2. The summed E-state index contributed by atoms with van der Waals surface area (Å²) < 4.78 is 5.78. The van der Waals surface area contributed by atoms with Crippen LogP contribution in [-0.4, -0.2) is 17.1 Å². The molecule has 0 spiro atoms. The van der Waals surface area contributed by atoms with Gasteiger partial charge in [0.1, 0.15) is 5.75 Å². The van der Waals surface area contributed by atoms with Crippen LogP contribution in [0, 0.1) is 6.92 Å². The maximum absolute atomic E-state index is 12.5. The number of aromatic hydroxyl groups is 1. The van der Waals surface area contributed by atoms with Gasteiger partial charge in [-0.05, 0) is 56.0 Å². The van der Waals surface area contributed by atoms with E-state index in [2.05, 4.69) is 24.4 Å². The first-order valence-electron chi connectivity index (χ1n) is 13.6. The molecule has 0 saturated carbocycles. The fourth-order valence-corrected chi connectivity index (χ4v) is 4.65. The van der Waals surface area contributed by atoms with Crippen molar-refractivity contribution in [1.82, 2.24) is 0 Å². The monoisotopic (exact) mass is 535 g/mol. The number of benzene rings is 2. The van der Waals surface area contributed by atoms with E-state index in [0.29, 0.717) is 16.3 Å². The zero-order valence-electron chi connectivity index (χ0n) is 22.2. The average molecular weight is 537 g/mol. The zero-order valence-corrected chi connectivity index (χ0v) is 23.7. The summed E-state index contributed by atoms with van der Waals surface area (Å²) in [4.78, 5) is 12.5. The molecule has 2 aromatic carbocycles. The Morgan fingerprint density at radius 2 is 1.44 bits per heavy atom. The molecule has 1 amide bonds. The molecule has 0 radical (unpaired) electrons. The molecule has 0 aliphatic heterocycles. The fraction of sp³-hybridized carbons (Fsp3) is 0.567. The van der Waals surface area contributed by atoms with E-state index in [1.807, 2.05) is 12.1 Å². The maximum atomic E-state index is 12.5. The van der Waals surface area contributed by atoms with Crippen LogP contribution in [0.15, 0.2) is 30.3 Å². The van der Waals surface area contributed by atoms with Crippen molar-refractivity contribution in [3.63, 3.8) is 0 Å². The van der Waals surface area contributed by atoms with Crippen LogP contribution in [0.1, 0.15) is 102 Å². The number of nitrogens with one attached hydrogen (secondary N) is 1. The molecular weight excluding hydrogens is 493 g/mol. The van der Waals surface area contributed by atoms with E-state index in [1.165, 1.54) is 88.7 Å². The Bertz CT molecular complexity index is 931. The highest BCUT2D eigenvalue weighted by atomic mass is 35.5. The molecule has 36 heavy (non-hydrogen) atoms. The summed E-state index contributed by atoms with van der Waals surface area (Å²) in [5, 5.41) is 13.3. The molecule has 0 aliphatic rings. The molecule has 0 saturated heterocycles. The lowest BCUT2D eigenvalue weighted by Gasteiger charge is -2.17. The van der Waals surface area contributed by atoms with Gasteiger partial charge in [-0.3, -0.25) is 4.79 Å². The molecule has 0 heterocycles. The molecule has 6 heteroatoms. The van der Waals surface area contributed by atoms with Crippen molar-refractivity contribution in [3.05, 3.63) is 51.5 Å². The number of hydrogen-bond acceptors (Lipinski definition) is 3. The molecule has 200 valence electrons. The van der Waals surface area contributed by atoms with E-state index >= 15 is 0 Å². The number of hydrogen-bond donors (Lipinski definition) is 2. The van der Waals surface area contributed by atoms with Crippen LogP contribution in [0.4, 0.5) is 5.69 Å². The van der Waals surface area contributed by atoms with E-state index in [1.54, 1.807) is 13.8 Å². The molecule has 2 aromatic rings. The number of rotatable bonds is 17. The van der Waals surface area contributed by atoms with Crippen molar-refractivity contribution >= 4 is 34.8 Å². The van der Waals surface area contributed by atoms with Crippen molar-refractivity contribution in [1.29, 1.82) is 0 Å². The number of phenols is 1. The van der Waals surface area contributed by atoms with Crippen LogP contribution >= 0.6 is 23.2 Å². The molecule has 0 aliphatic carbocycles. The Hall–Kier alpha value is -1.91. The van der Waals surface area contributed by atoms with E-state index in [0.717, 1.165) is 6.42 Å². The van der Waals surface area contributed by atoms with Gasteiger partial charge in [-0.15, -0.1) is 0 Å². The van der Waals surface area contributed by atoms with E-state index in [9.17, 15) is 9.90 Å². The molecular formula is C30H43Cl2NO3. The summed E-state index contributed by atoms with van der Waals surface area (Å²) in [5.41, 5.74) is 2.00. The molecule has 0 fully saturated rings. The second kappa shape index (κ2) is 16.8. The highest BCUT2D eigenvalue weighted by Gasteiger charge is 2.19. The molecule has 2 N–H and O–H groups in total. The molecule has 0 bridgehead atoms. The quantitative estimate of drug-likeness (QED) is 0.156. The van der Waals surface area contributed by atoms with Gasteiger partial charge in [0.2, 0.25) is 0 Å². The van der Waals surface area contributed by atoms with Gasteiger partial charge in [0.05, 0.1) is 10.7 Å². The number of ether oxygens (including phenoxy) is 1. The predicted molar refractivity (Wildman–Crippen MR) is 153 cm³/mol. The molecule has 4 nitrogen and oxygen atoms in total. The second-order valence-electron chi connectivity index (χ2n) is 9.73. The number of carbonyl (C=O) groups excluding carboxylic acids is 1. The Kier molecular flexibility index (Phi) is 14.1. The highest BCUT2D eigenvalue weighted by Crippen LogP contribution is 2.38. The number of carbonyl (C=O) groups is 1. The van der Waals surface area contributed by atoms with Crippen LogP contribution < -0.4 is 10.1 Å². The Balaban J connectivity index is 1.64. The minimum absolute atomic E-state index is 0.120. The number of unbranched alkanes of at least 4 members (excludes halogenated alkanes) is 11. The number of aryl methyl sites for hydroxylation is 1. The van der Waals surface area contributed by atoms with Gasteiger partial charge in [-0.2, -0.15) is 0 Å². The molecule has 0 aromatic heterocycles. The summed E-state index contributed by atoms with van der Waals surface area (Å²) >= 11 is 12.2. The van der Waals surface area contributed by atoms with Crippen molar-refractivity contribution in [2.45, 2.75) is 110 Å². The van der Waals surface area contributed by atoms with Gasteiger partial charge in [0, 0.05) is 5.02 Å². The van der Waals surface area contributed by atoms with Gasteiger partial charge in [-0.1, -0.05) is 113 Å². The third-order valence-electron chi connectivity index (χ3n) is 6.60. The largest absolute Gasteiger partial charge is 0.504 e. The SMILES string of the molecule is CCCCCCCCCCCCCCc1ccc(OC(C)C(=O)Nc2cc(Cl)c(C)c(Cl)c2O)cc1. The third-order valence-corrected chi connectivity index (χ3v) is 7.46. The van der Waals surface area contributed by atoms with Crippen LogP contribution in [0.3, 0.4) is 0 Å². The van der Waals surface area contributed by atoms with E-state index in [-0.39, 0.29) is 16.5 Å². The first-order valence-corrected chi connectivity index (χ1v) is 14.3. The van der Waals surface area contributed by atoms with Crippen molar-refractivity contribution in [2.24, 2.45) is 0 Å². The van der Waals surface area contributed by atoms with Crippen LogP contribution in [0.2, 0.25) is 10.0 Å². The third kappa shape index (κ3) is 10.6. The lowest BCUT2D eigenvalue weighted by atomic mass is 10.0. The maximum Gasteiger partial charge on any atom is 0.265 e. The lowest BCUT2D eigenvalue weighted by molar-refractivity contribution is -0.122. The average Bonchev–Trinajstić information content (AvgIpc) is 2.87. The van der Waals surface area contributed by atoms with Gasteiger partial charge < -0.3 is 15.2 Å². The van der Waals surface area contributed by atoms with Crippen LogP contribution in [0.5, 0.6) is 11.5 Å². The van der Waals surface area contributed by atoms with Gasteiger partial charge >= 0.3 is 0 Å². The van der Waals surface area contributed by atoms with E-state index in [4.69, 9.17) is 27.9 Å². The molecule has 1 unspecified atom stereocenters. The summed E-state index contributed by atoms with van der Waals surface area (Å²) in [7, 11) is 0.